The highest BCUT2D eigenvalue weighted by Gasteiger charge is 2.41. The van der Waals surface area contributed by atoms with Crippen LogP contribution in [0.2, 0.25) is 0 Å². The zero-order chi connectivity index (χ0) is 30.3. The van der Waals surface area contributed by atoms with E-state index in [4.69, 9.17) is 0 Å². The predicted octanol–water partition coefficient (Wildman–Crippen LogP) is 12.2. The molecule has 0 bridgehead atoms. The second-order valence-electron chi connectivity index (χ2n) is 13.0. The van der Waals surface area contributed by atoms with Gasteiger partial charge in [0.05, 0.1) is 0 Å². The van der Waals surface area contributed by atoms with E-state index in [2.05, 4.69) is 26.1 Å². The van der Waals surface area contributed by atoms with Gasteiger partial charge in [0.25, 0.3) is 0 Å². The summed E-state index contributed by atoms with van der Waals surface area (Å²) in [6, 6.07) is 0. The van der Waals surface area contributed by atoms with Gasteiger partial charge in [0.1, 0.15) is 5.54 Å². The summed E-state index contributed by atoms with van der Waals surface area (Å²) in [5.41, 5.74) is -0.940. The van der Waals surface area contributed by atoms with Crippen LogP contribution in [-0.4, -0.2) is 23.7 Å². The molecule has 0 atom stereocenters. The summed E-state index contributed by atoms with van der Waals surface area (Å²) in [5.74, 6) is 0.299. The Morgan fingerprint density at radius 3 is 0.902 bits per heavy atom. The molecule has 0 saturated carbocycles. The Bertz CT molecular complexity index is 531. The van der Waals surface area contributed by atoms with E-state index in [-0.39, 0.29) is 11.6 Å². The van der Waals surface area contributed by atoms with Gasteiger partial charge in [-0.1, -0.05) is 182 Å². The molecule has 0 aliphatic rings. The molecule has 0 unspecified atom stereocenters. The molecule has 0 aromatic heterocycles. The number of Topliss-reactive ketones (excluding diaryl/α,β-unsaturated/α-hetero) is 2. The van der Waals surface area contributed by atoms with Gasteiger partial charge < -0.3 is 0 Å². The quantitative estimate of drug-likeness (QED) is 0.0611. The fourth-order valence-electron chi connectivity index (χ4n) is 6.24. The molecular formula is C38H75NO2. The van der Waals surface area contributed by atoms with Crippen LogP contribution in [0.15, 0.2) is 0 Å². The molecule has 0 spiro atoms. The van der Waals surface area contributed by atoms with E-state index in [1.165, 1.54) is 141 Å². The average Bonchev–Trinajstić information content (AvgIpc) is 2.98. The molecule has 0 radical (unpaired) electrons. The first-order chi connectivity index (χ1) is 20.1. The smallest absolute Gasteiger partial charge is 0.160 e. The first-order valence-electron chi connectivity index (χ1n) is 18.9. The number of carbonyl (C=O) groups is 2. The van der Waals surface area contributed by atoms with Crippen molar-refractivity contribution >= 4 is 11.6 Å². The summed E-state index contributed by atoms with van der Waals surface area (Å²) in [5, 5.41) is 3.43. The van der Waals surface area contributed by atoms with Crippen LogP contribution >= 0.6 is 0 Å². The van der Waals surface area contributed by atoms with Crippen LogP contribution in [0.1, 0.15) is 220 Å². The maximum Gasteiger partial charge on any atom is 0.160 e. The molecule has 41 heavy (non-hydrogen) atoms. The zero-order valence-electron chi connectivity index (χ0n) is 28.7. The minimum absolute atomic E-state index is 0.149. The molecule has 3 heteroatoms. The molecule has 0 heterocycles. The van der Waals surface area contributed by atoms with Crippen molar-refractivity contribution in [2.24, 2.45) is 0 Å². The van der Waals surface area contributed by atoms with Gasteiger partial charge in [-0.05, 0) is 32.2 Å². The van der Waals surface area contributed by atoms with Crippen molar-refractivity contribution in [1.29, 1.82) is 0 Å². The number of unbranched alkanes of at least 4 members (excludes halogenated alkanes) is 24. The highest BCUT2D eigenvalue weighted by atomic mass is 16.2. The number of hydrogen-bond acceptors (Lipinski definition) is 3. The molecule has 0 fully saturated rings. The SMILES string of the molecule is CCCCCCCCCCCCCCCC(=O)C(CC)(NCCC)C(=O)CCCCCCCCCCCCCCC. The van der Waals surface area contributed by atoms with Gasteiger partial charge in [0.2, 0.25) is 0 Å². The summed E-state index contributed by atoms with van der Waals surface area (Å²) in [6.07, 6.45) is 36.6. The van der Waals surface area contributed by atoms with Crippen LogP contribution in [0.4, 0.5) is 0 Å². The first-order valence-corrected chi connectivity index (χ1v) is 18.9. The second-order valence-corrected chi connectivity index (χ2v) is 13.0. The molecular weight excluding hydrogens is 502 g/mol. The maximum absolute atomic E-state index is 13.4. The van der Waals surface area contributed by atoms with E-state index in [1.807, 2.05) is 6.92 Å². The van der Waals surface area contributed by atoms with Gasteiger partial charge in [-0.25, -0.2) is 0 Å². The van der Waals surface area contributed by atoms with Crippen LogP contribution in [0.5, 0.6) is 0 Å². The number of rotatable bonds is 34. The Morgan fingerprint density at radius 2 is 0.659 bits per heavy atom. The maximum atomic E-state index is 13.4. The summed E-state index contributed by atoms with van der Waals surface area (Å²) in [4.78, 5) is 26.8. The topological polar surface area (TPSA) is 46.2 Å². The van der Waals surface area contributed by atoms with Crippen LogP contribution in [0, 0.1) is 0 Å². The van der Waals surface area contributed by atoms with Crippen molar-refractivity contribution in [2.75, 3.05) is 6.54 Å². The average molecular weight is 578 g/mol. The minimum atomic E-state index is -0.940. The van der Waals surface area contributed by atoms with Gasteiger partial charge in [-0.15, -0.1) is 0 Å². The molecule has 1 N–H and O–H groups in total. The van der Waals surface area contributed by atoms with E-state index in [1.54, 1.807) is 0 Å². The molecule has 244 valence electrons. The molecule has 0 aliphatic carbocycles. The molecule has 0 aromatic rings. The Kier molecular flexibility index (Phi) is 30.2. The third-order valence-corrected chi connectivity index (χ3v) is 9.17. The summed E-state index contributed by atoms with van der Waals surface area (Å²) in [7, 11) is 0. The number of carbonyl (C=O) groups excluding carboxylic acids is 2. The lowest BCUT2D eigenvalue weighted by molar-refractivity contribution is -0.137. The van der Waals surface area contributed by atoms with Gasteiger partial charge in [0.15, 0.2) is 11.6 Å². The molecule has 0 aliphatic heterocycles. The van der Waals surface area contributed by atoms with E-state index >= 15 is 0 Å². The van der Waals surface area contributed by atoms with Crippen LogP contribution < -0.4 is 5.32 Å². The third kappa shape index (κ3) is 22.5. The first kappa shape index (κ1) is 40.3. The zero-order valence-corrected chi connectivity index (χ0v) is 28.7. The van der Waals surface area contributed by atoms with Gasteiger partial charge >= 0.3 is 0 Å². The number of nitrogens with one attached hydrogen (secondary N) is 1. The largest absolute Gasteiger partial charge is 0.299 e. The van der Waals surface area contributed by atoms with Crippen molar-refractivity contribution in [2.45, 2.75) is 226 Å². The lowest BCUT2D eigenvalue weighted by atomic mass is 9.81. The molecule has 0 saturated heterocycles. The second kappa shape index (κ2) is 30.7. The summed E-state index contributed by atoms with van der Waals surface area (Å²) in [6.45, 7) is 9.43. The summed E-state index contributed by atoms with van der Waals surface area (Å²) < 4.78 is 0. The summed E-state index contributed by atoms with van der Waals surface area (Å²) >= 11 is 0. The van der Waals surface area contributed by atoms with Gasteiger partial charge in [-0.3, -0.25) is 14.9 Å². The van der Waals surface area contributed by atoms with Crippen LogP contribution in [-0.2, 0) is 9.59 Å². The Hall–Kier alpha value is -0.700. The highest BCUT2D eigenvalue weighted by Crippen LogP contribution is 2.22. The number of ketones is 2. The van der Waals surface area contributed by atoms with Gasteiger partial charge in [-0.2, -0.15) is 0 Å². The fourth-order valence-corrected chi connectivity index (χ4v) is 6.24. The molecule has 0 aromatic carbocycles. The van der Waals surface area contributed by atoms with Crippen LogP contribution in [0.25, 0.3) is 0 Å². The van der Waals surface area contributed by atoms with E-state index in [0.29, 0.717) is 19.3 Å². The third-order valence-electron chi connectivity index (χ3n) is 9.17. The number of hydrogen-bond donors (Lipinski definition) is 1. The normalized spacial score (nSPS) is 11.8. The highest BCUT2D eigenvalue weighted by molar-refractivity contribution is 6.11. The van der Waals surface area contributed by atoms with E-state index in [0.717, 1.165) is 38.6 Å². The standard InChI is InChI=1S/C38H75NO2/c1-5-9-11-13-15-17-19-21-23-25-27-29-31-33-36(40)38(8-4,39-35-7-3)37(41)34-32-30-28-26-24-22-20-18-16-14-12-10-6-2/h39H,5-35H2,1-4H3. The van der Waals surface area contributed by atoms with Crippen molar-refractivity contribution in [3.63, 3.8) is 0 Å². The predicted molar refractivity (Wildman–Crippen MR) is 182 cm³/mol. The van der Waals surface area contributed by atoms with Crippen LogP contribution in [0.3, 0.4) is 0 Å². The van der Waals surface area contributed by atoms with E-state index < -0.39 is 5.54 Å². The lowest BCUT2D eigenvalue weighted by Crippen LogP contribution is -2.58. The van der Waals surface area contributed by atoms with E-state index in [9.17, 15) is 9.59 Å². The molecule has 0 amide bonds. The fraction of sp³-hybridized carbons (Fsp3) is 0.947. The van der Waals surface area contributed by atoms with Crippen molar-refractivity contribution in [3.05, 3.63) is 0 Å². The molecule has 3 nitrogen and oxygen atoms in total. The Labute approximate surface area is 258 Å². The minimum Gasteiger partial charge on any atom is -0.299 e. The monoisotopic (exact) mass is 578 g/mol. The van der Waals surface area contributed by atoms with Crippen molar-refractivity contribution in [1.82, 2.24) is 5.32 Å². The molecule has 0 rings (SSSR count). The Balaban J connectivity index is 4.10. The van der Waals surface area contributed by atoms with Gasteiger partial charge in [0, 0.05) is 12.8 Å². The Morgan fingerprint density at radius 1 is 0.390 bits per heavy atom. The lowest BCUT2D eigenvalue weighted by Gasteiger charge is -2.31. The van der Waals surface area contributed by atoms with Crippen molar-refractivity contribution < 1.29 is 9.59 Å². The van der Waals surface area contributed by atoms with Crippen molar-refractivity contribution in [3.8, 4) is 0 Å².